The second kappa shape index (κ2) is 5.75. The normalized spacial score (nSPS) is 16.1. The molecule has 1 aliphatic rings. The molecule has 1 saturated carbocycles. The van der Waals surface area contributed by atoms with Crippen LogP contribution in [0, 0.1) is 5.41 Å². The lowest BCUT2D eigenvalue weighted by Crippen LogP contribution is -2.31. The van der Waals surface area contributed by atoms with Crippen molar-refractivity contribution in [3.05, 3.63) is 22.8 Å². The topological polar surface area (TPSA) is 77.2 Å². The van der Waals surface area contributed by atoms with Gasteiger partial charge < -0.3 is 15.8 Å². The standard InChI is InChI=1S/C13H18ClN3O2/c1-19-7-6-13(4-5-13)8-16-12(18)11-9(14)2-3-10(15)17-11/h2-3H,4-8H2,1H3,(H2,15,17)(H,16,18). The molecular formula is C13H18ClN3O2. The number of rotatable bonds is 6. The third-order valence-electron chi connectivity index (χ3n) is 3.50. The van der Waals surface area contributed by atoms with Crippen LogP contribution in [0.15, 0.2) is 12.1 Å². The van der Waals surface area contributed by atoms with Crippen molar-refractivity contribution < 1.29 is 9.53 Å². The Morgan fingerprint density at radius 3 is 2.95 bits per heavy atom. The fourth-order valence-corrected chi connectivity index (χ4v) is 2.17. The second-order valence-corrected chi connectivity index (χ2v) is 5.40. The average molecular weight is 284 g/mol. The number of carbonyl (C=O) groups excluding carboxylic acids is 1. The summed E-state index contributed by atoms with van der Waals surface area (Å²) in [6.07, 6.45) is 3.20. The van der Waals surface area contributed by atoms with E-state index in [-0.39, 0.29) is 22.8 Å². The minimum Gasteiger partial charge on any atom is -0.385 e. The van der Waals surface area contributed by atoms with Crippen LogP contribution in [-0.2, 0) is 4.74 Å². The van der Waals surface area contributed by atoms with E-state index in [1.807, 2.05) is 0 Å². The Bertz CT molecular complexity index is 475. The zero-order valence-electron chi connectivity index (χ0n) is 10.9. The SMILES string of the molecule is COCCC1(CNC(=O)c2nc(N)ccc2Cl)CC1. The maximum absolute atomic E-state index is 12.0. The summed E-state index contributed by atoms with van der Waals surface area (Å²) < 4.78 is 5.08. The predicted octanol–water partition coefficient (Wildman–Crippen LogP) is 1.86. The summed E-state index contributed by atoms with van der Waals surface area (Å²) in [5.74, 6) is 0.0102. The largest absolute Gasteiger partial charge is 0.385 e. The van der Waals surface area contributed by atoms with Gasteiger partial charge in [0.2, 0.25) is 0 Å². The lowest BCUT2D eigenvalue weighted by Gasteiger charge is -2.15. The highest BCUT2D eigenvalue weighted by Gasteiger charge is 2.42. The van der Waals surface area contributed by atoms with E-state index in [4.69, 9.17) is 22.1 Å². The molecule has 0 atom stereocenters. The van der Waals surface area contributed by atoms with Gasteiger partial charge in [0.15, 0.2) is 0 Å². The molecule has 0 radical (unpaired) electrons. The Kier molecular flexibility index (Phi) is 4.27. The van der Waals surface area contributed by atoms with Crippen LogP contribution in [0.25, 0.3) is 0 Å². The molecule has 0 bridgehead atoms. The first-order valence-electron chi connectivity index (χ1n) is 6.25. The molecule has 1 heterocycles. The molecule has 0 aromatic carbocycles. The van der Waals surface area contributed by atoms with Crippen LogP contribution in [-0.4, -0.2) is 31.2 Å². The number of halogens is 1. The van der Waals surface area contributed by atoms with Crippen molar-refractivity contribution >= 4 is 23.3 Å². The van der Waals surface area contributed by atoms with E-state index < -0.39 is 0 Å². The van der Waals surface area contributed by atoms with Crippen LogP contribution in [0.3, 0.4) is 0 Å². The van der Waals surface area contributed by atoms with Crippen molar-refractivity contribution in [3.63, 3.8) is 0 Å². The van der Waals surface area contributed by atoms with Crippen LogP contribution in [0.5, 0.6) is 0 Å². The highest BCUT2D eigenvalue weighted by Crippen LogP contribution is 2.48. The quantitative estimate of drug-likeness (QED) is 0.835. The molecule has 6 heteroatoms. The van der Waals surface area contributed by atoms with Gasteiger partial charge in [-0.15, -0.1) is 0 Å². The van der Waals surface area contributed by atoms with Gasteiger partial charge in [-0.3, -0.25) is 4.79 Å². The number of aromatic nitrogens is 1. The zero-order chi connectivity index (χ0) is 13.9. The van der Waals surface area contributed by atoms with Crippen LogP contribution >= 0.6 is 11.6 Å². The molecule has 1 aliphatic carbocycles. The molecule has 5 nitrogen and oxygen atoms in total. The summed E-state index contributed by atoms with van der Waals surface area (Å²) >= 11 is 5.94. The van der Waals surface area contributed by atoms with Gasteiger partial charge >= 0.3 is 0 Å². The van der Waals surface area contributed by atoms with Gasteiger partial charge in [0.05, 0.1) is 5.02 Å². The van der Waals surface area contributed by atoms with Gasteiger partial charge in [0, 0.05) is 20.3 Å². The smallest absolute Gasteiger partial charge is 0.271 e. The Morgan fingerprint density at radius 2 is 2.32 bits per heavy atom. The first kappa shape index (κ1) is 14.1. The molecule has 1 aromatic rings. The van der Waals surface area contributed by atoms with E-state index in [9.17, 15) is 4.79 Å². The van der Waals surface area contributed by atoms with Crippen LogP contribution in [0.2, 0.25) is 5.02 Å². The number of ether oxygens (including phenoxy) is 1. The Morgan fingerprint density at radius 1 is 1.58 bits per heavy atom. The van der Waals surface area contributed by atoms with Crippen molar-refractivity contribution in [3.8, 4) is 0 Å². The van der Waals surface area contributed by atoms with Gasteiger partial charge in [0.1, 0.15) is 11.5 Å². The number of nitrogens with zero attached hydrogens (tertiary/aromatic N) is 1. The number of nitrogens with one attached hydrogen (secondary N) is 1. The lowest BCUT2D eigenvalue weighted by molar-refractivity contribution is 0.0933. The van der Waals surface area contributed by atoms with E-state index in [2.05, 4.69) is 10.3 Å². The maximum atomic E-state index is 12.0. The van der Waals surface area contributed by atoms with E-state index >= 15 is 0 Å². The third kappa shape index (κ3) is 3.58. The molecule has 1 aromatic heterocycles. The number of nitrogen functional groups attached to an aromatic ring is 1. The number of hydrogen-bond donors (Lipinski definition) is 2. The number of carbonyl (C=O) groups is 1. The van der Waals surface area contributed by atoms with E-state index in [0.29, 0.717) is 18.2 Å². The molecule has 3 N–H and O–H groups in total. The number of anilines is 1. The molecule has 104 valence electrons. The summed E-state index contributed by atoms with van der Waals surface area (Å²) in [5.41, 5.74) is 5.94. The van der Waals surface area contributed by atoms with Gasteiger partial charge in [-0.1, -0.05) is 11.6 Å². The number of nitrogens with two attached hydrogens (primary N) is 1. The molecule has 19 heavy (non-hydrogen) atoms. The number of hydrogen-bond acceptors (Lipinski definition) is 4. The second-order valence-electron chi connectivity index (χ2n) is 4.99. The van der Waals surface area contributed by atoms with Gasteiger partial charge in [-0.05, 0) is 36.8 Å². The van der Waals surface area contributed by atoms with Crippen LogP contribution in [0.1, 0.15) is 29.8 Å². The first-order valence-corrected chi connectivity index (χ1v) is 6.63. The monoisotopic (exact) mass is 283 g/mol. The Labute approximate surface area is 117 Å². The molecule has 0 saturated heterocycles. The van der Waals surface area contributed by atoms with Crippen molar-refractivity contribution in [1.29, 1.82) is 0 Å². The summed E-state index contributed by atoms with van der Waals surface area (Å²) in [4.78, 5) is 16.0. The minimum absolute atomic E-state index is 0.184. The number of methoxy groups -OCH3 is 1. The highest BCUT2D eigenvalue weighted by molar-refractivity contribution is 6.33. The predicted molar refractivity (Wildman–Crippen MR) is 74.2 cm³/mol. The Balaban J connectivity index is 1.93. The average Bonchev–Trinajstić information content (AvgIpc) is 3.17. The fourth-order valence-electron chi connectivity index (χ4n) is 1.98. The van der Waals surface area contributed by atoms with Crippen molar-refractivity contribution in [2.24, 2.45) is 5.41 Å². The van der Waals surface area contributed by atoms with Crippen molar-refractivity contribution in [2.75, 3.05) is 26.0 Å². The first-order chi connectivity index (χ1) is 9.06. The molecule has 1 fully saturated rings. The summed E-state index contributed by atoms with van der Waals surface area (Å²) in [6, 6.07) is 3.15. The highest BCUT2D eigenvalue weighted by atomic mass is 35.5. The molecule has 0 unspecified atom stereocenters. The molecule has 0 aliphatic heterocycles. The minimum atomic E-state index is -0.277. The molecule has 0 spiro atoms. The summed E-state index contributed by atoms with van der Waals surface area (Å²) in [6.45, 7) is 1.34. The summed E-state index contributed by atoms with van der Waals surface area (Å²) in [7, 11) is 1.69. The van der Waals surface area contributed by atoms with Gasteiger partial charge in [-0.25, -0.2) is 4.98 Å². The Hall–Kier alpha value is -1.33. The lowest BCUT2D eigenvalue weighted by atomic mass is 10.0. The van der Waals surface area contributed by atoms with Crippen LogP contribution in [0.4, 0.5) is 5.82 Å². The summed E-state index contributed by atoms with van der Waals surface area (Å²) in [5, 5.41) is 3.20. The number of pyridine rings is 1. The molecular weight excluding hydrogens is 266 g/mol. The fraction of sp³-hybridized carbons (Fsp3) is 0.538. The molecule has 1 amide bonds. The van der Waals surface area contributed by atoms with Gasteiger partial charge in [-0.2, -0.15) is 0 Å². The maximum Gasteiger partial charge on any atom is 0.271 e. The zero-order valence-corrected chi connectivity index (χ0v) is 11.7. The van der Waals surface area contributed by atoms with Crippen molar-refractivity contribution in [2.45, 2.75) is 19.3 Å². The molecule has 2 rings (SSSR count). The number of amides is 1. The van der Waals surface area contributed by atoms with E-state index in [1.54, 1.807) is 19.2 Å². The third-order valence-corrected chi connectivity index (χ3v) is 3.81. The van der Waals surface area contributed by atoms with E-state index in [1.165, 1.54) is 0 Å². The van der Waals surface area contributed by atoms with Crippen molar-refractivity contribution in [1.82, 2.24) is 10.3 Å². The van der Waals surface area contributed by atoms with Crippen LogP contribution < -0.4 is 11.1 Å². The van der Waals surface area contributed by atoms with Gasteiger partial charge in [0.25, 0.3) is 5.91 Å². The van der Waals surface area contributed by atoms with E-state index in [0.717, 1.165) is 19.3 Å².